The normalized spacial score (nSPS) is 39.0. The van der Waals surface area contributed by atoms with Crippen molar-refractivity contribution >= 4 is 10.8 Å². The Balaban J connectivity index is 1.72. The zero-order valence-electron chi connectivity index (χ0n) is 20.3. The highest BCUT2D eigenvalue weighted by Gasteiger charge is 2.50. The fraction of sp³-hybridized carbons (Fsp3) is 0.778. The fourth-order valence-corrected chi connectivity index (χ4v) is 7.68. The number of rotatable bonds is 5. The summed E-state index contributed by atoms with van der Waals surface area (Å²) in [6.45, 7) is 15.2. The molecule has 0 saturated heterocycles. The van der Waals surface area contributed by atoms with Crippen molar-refractivity contribution in [3.8, 4) is 0 Å². The van der Waals surface area contributed by atoms with Crippen molar-refractivity contribution in [2.75, 3.05) is 5.75 Å². The summed E-state index contributed by atoms with van der Waals surface area (Å²) >= 11 is 0. The average Bonchev–Trinajstić information content (AvgIpc) is 3.04. The molecule has 3 nitrogen and oxygen atoms in total. The van der Waals surface area contributed by atoms with Crippen LogP contribution < -0.4 is 0 Å². The third-order valence-electron chi connectivity index (χ3n) is 8.43. The lowest BCUT2D eigenvalue weighted by molar-refractivity contribution is 0.0861. The van der Waals surface area contributed by atoms with Gasteiger partial charge in [-0.3, -0.25) is 4.21 Å². The van der Waals surface area contributed by atoms with Crippen LogP contribution in [0.25, 0.3) is 0 Å². The number of aliphatic hydroxyl groups excluding tert-OH is 2. The topological polar surface area (TPSA) is 57.5 Å². The van der Waals surface area contributed by atoms with Crippen molar-refractivity contribution in [1.82, 2.24) is 0 Å². The first-order valence-electron chi connectivity index (χ1n) is 12.3. The third kappa shape index (κ3) is 5.45. The minimum atomic E-state index is -0.772. The molecule has 3 aliphatic rings. The van der Waals surface area contributed by atoms with Crippen LogP contribution in [0.15, 0.2) is 35.5 Å². The Morgan fingerprint density at radius 3 is 2.65 bits per heavy atom. The maximum absolute atomic E-state index is 12.6. The summed E-state index contributed by atoms with van der Waals surface area (Å²) in [6, 6.07) is 0. The lowest BCUT2D eigenvalue weighted by Gasteiger charge is -2.44. The molecule has 3 aliphatic carbocycles. The maximum Gasteiger partial charge on any atom is 0.0811 e. The Kier molecular flexibility index (Phi) is 7.76. The van der Waals surface area contributed by atoms with Crippen LogP contribution in [0.4, 0.5) is 0 Å². The van der Waals surface area contributed by atoms with Gasteiger partial charge in [-0.05, 0) is 100 Å². The highest BCUT2D eigenvalue weighted by molar-refractivity contribution is 7.86. The van der Waals surface area contributed by atoms with Crippen LogP contribution in [-0.2, 0) is 10.8 Å². The second kappa shape index (κ2) is 9.65. The van der Waals surface area contributed by atoms with Gasteiger partial charge in [0.1, 0.15) is 0 Å². The van der Waals surface area contributed by atoms with Crippen LogP contribution >= 0.6 is 0 Å². The highest BCUT2D eigenvalue weighted by atomic mass is 32.2. The van der Waals surface area contributed by atoms with Crippen LogP contribution in [0, 0.1) is 23.2 Å². The van der Waals surface area contributed by atoms with Gasteiger partial charge >= 0.3 is 0 Å². The molecule has 3 fully saturated rings. The molecule has 0 radical (unpaired) electrons. The second-order valence-corrected chi connectivity index (χ2v) is 13.9. The van der Waals surface area contributed by atoms with Crippen LogP contribution in [0.1, 0.15) is 86.0 Å². The molecule has 0 spiro atoms. The van der Waals surface area contributed by atoms with E-state index in [9.17, 15) is 14.4 Å². The number of aliphatic hydroxyl groups is 2. The molecule has 7 atom stereocenters. The zero-order chi connectivity index (χ0) is 23.0. The average molecular weight is 449 g/mol. The van der Waals surface area contributed by atoms with E-state index in [-0.39, 0.29) is 4.75 Å². The summed E-state index contributed by atoms with van der Waals surface area (Å²) in [6.07, 6.45) is 11.5. The number of allylic oxidation sites excluding steroid dienone is 3. The van der Waals surface area contributed by atoms with Crippen LogP contribution in [-0.4, -0.2) is 37.1 Å². The second-order valence-electron chi connectivity index (χ2n) is 11.6. The van der Waals surface area contributed by atoms with Crippen molar-refractivity contribution in [2.24, 2.45) is 23.2 Å². The smallest absolute Gasteiger partial charge is 0.0811 e. The van der Waals surface area contributed by atoms with Crippen LogP contribution in [0.3, 0.4) is 0 Å². The van der Waals surface area contributed by atoms with Crippen molar-refractivity contribution < 1.29 is 14.4 Å². The summed E-state index contributed by atoms with van der Waals surface area (Å²) in [4.78, 5) is 0. The van der Waals surface area contributed by atoms with E-state index in [4.69, 9.17) is 0 Å². The van der Waals surface area contributed by atoms with Gasteiger partial charge in [0, 0.05) is 27.7 Å². The first kappa shape index (κ1) is 24.9. The Labute approximate surface area is 192 Å². The van der Waals surface area contributed by atoms with Crippen molar-refractivity contribution in [1.29, 1.82) is 0 Å². The van der Waals surface area contributed by atoms with E-state index >= 15 is 0 Å². The summed E-state index contributed by atoms with van der Waals surface area (Å²) in [5.74, 6) is 2.72. The van der Waals surface area contributed by atoms with Gasteiger partial charge in [-0.25, -0.2) is 0 Å². The summed E-state index contributed by atoms with van der Waals surface area (Å²) in [5, 5.41) is 20.2. The first-order valence-corrected chi connectivity index (χ1v) is 13.6. The van der Waals surface area contributed by atoms with E-state index in [0.29, 0.717) is 36.0 Å². The molecular weight excluding hydrogens is 404 g/mol. The minimum absolute atomic E-state index is 0.125. The van der Waals surface area contributed by atoms with Gasteiger partial charge in [-0.1, -0.05) is 38.2 Å². The van der Waals surface area contributed by atoms with Crippen LogP contribution in [0.2, 0.25) is 0 Å². The predicted octanol–water partition coefficient (Wildman–Crippen LogP) is 5.70. The first-order chi connectivity index (χ1) is 14.4. The SMILES string of the molecule is C=C1C(=CC=C2CCC[C@]3(C)C([C@H](C)CCS(=O)C(C)(C)C)CC[C@@H]23)CC(O)CC1O. The van der Waals surface area contributed by atoms with Gasteiger partial charge in [0.25, 0.3) is 0 Å². The van der Waals surface area contributed by atoms with Crippen molar-refractivity contribution in [2.45, 2.75) is 103 Å². The molecule has 31 heavy (non-hydrogen) atoms. The van der Waals surface area contributed by atoms with Gasteiger partial charge in [-0.15, -0.1) is 0 Å². The molecular formula is C27H44O3S. The molecule has 0 aromatic heterocycles. The van der Waals surface area contributed by atoms with E-state index < -0.39 is 23.0 Å². The number of fused-ring (bicyclic) bond motifs is 1. The minimum Gasteiger partial charge on any atom is -0.393 e. The lowest BCUT2D eigenvalue weighted by atomic mass is 9.61. The van der Waals surface area contributed by atoms with Gasteiger partial charge in [0.15, 0.2) is 0 Å². The molecule has 2 N–H and O–H groups in total. The standard InChI is InChI=1S/C27H44O3S/c1-18(13-15-31(30)26(3,4)5)23-11-12-24-20(8-7-14-27(23,24)6)9-10-21-16-22(28)17-25(29)19(21)2/h9-10,18,22-25,28-29H,2,7-8,11-17H2,1,3-6H3/t18-,22?,23?,24+,25?,27-,31?/m1/s1. The molecule has 3 rings (SSSR count). The number of hydrogen-bond acceptors (Lipinski definition) is 3. The monoisotopic (exact) mass is 448 g/mol. The molecule has 0 aromatic rings. The van der Waals surface area contributed by atoms with E-state index in [0.717, 1.165) is 29.7 Å². The van der Waals surface area contributed by atoms with E-state index in [1.54, 1.807) is 0 Å². The summed E-state index contributed by atoms with van der Waals surface area (Å²) < 4.78 is 12.4. The molecule has 0 aromatic carbocycles. The van der Waals surface area contributed by atoms with E-state index in [1.807, 2.05) is 0 Å². The van der Waals surface area contributed by atoms with Gasteiger partial charge in [-0.2, -0.15) is 0 Å². The zero-order valence-corrected chi connectivity index (χ0v) is 21.1. The Morgan fingerprint density at radius 2 is 1.97 bits per heavy atom. The molecule has 3 saturated carbocycles. The largest absolute Gasteiger partial charge is 0.393 e. The molecule has 0 bridgehead atoms. The van der Waals surface area contributed by atoms with E-state index in [2.05, 4.69) is 53.3 Å². The molecule has 0 heterocycles. The van der Waals surface area contributed by atoms with Gasteiger partial charge in [0.2, 0.25) is 0 Å². The summed E-state index contributed by atoms with van der Waals surface area (Å²) in [5.41, 5.74) is 3.63. The number of hydrogen-bond donors (Lipinski definition) is 2. The Bertz CT molecular complexity index is 759. The Morgan fingerprint density at radius 1 is 1.26 bits per heavy atom. The third-order valence-corrected chi connectivity index (χ3v) is 10.4. The molecule has 0 amide bonds. The molecule has 4 unspecified atom stereocenters. The van der Waals surface area contributed by atoms with Crippen molar-refractivity contribution in [3.05, 3.63) is 35.5 Å². The molecule has 0 aliphatic heterocycles. The highest BCUT2D eigenvalue weighted by Crippen LogP contribution is 2.59. The quantitative estimate of drug-likeness (QED) is 0.567. The maximum atomic E-state index is 12.6. The fourth-order valence-electron chi connectivity index (χ4n) is 6.48. The van der Waals surface area contributed by atoms with Crippen molar-refractivity contribution in [3.63, 3.8) is 0 Å². The molecule has 4 heteroatoms. The summed E-state index contributed by atoms with van der Waals surface area (Å²) in [7, 11) is -0.772. The van der Waals surface area contributed by atoms with E-state index in [1.165, 1.54) is 31.3 Å². The molecule has 176 valence electrons. The lowest BCUT2D eigenvalue weighted by Crippen LogP contribution is -2.36. The van der Waals surface area contributed by atoms with Gasteiger partial charge in [0.05, 0.1) is 12.2 Å². The van der Waals surface area contributed by atoms with Gasteiger partial charge < -0.3 is 10.2 Å². The Hall–Kier alpha value is -0.710. The van der Waals surface area contributed by atoms with Crippen LogP contribution in [0.5, 0.6) is 0 Å². The predicted molar refractivity (Wildman–Crippen MR) is 131 cm³/mol.